The lowest BCUT2D eigenvalue weighted by molar-refractivity contribution is -0.335. The van der Waals surface area contributed by atoms with Gasteiger partial charge in [0, 0.05) is 39.3 Å². The second-order valence-electron chi connectivity index (χ2n) is 8.08. The summed E-state index contributed by atoms with van der Waals surface area (Å²) >= 11 is 0. The van der Waals surface area contributed by atoms with Crippen molar-refractivity contribution in [3.05, 3.63) is 0 Å². The third-order valence-corrected chi connectivity index (χ3v) is 5.77. The van der Waals surface area contributed by atoms with Gasteiger partial charge < -0.3 is 35.7 Å². The van der Waals surface area contributed by atoms with E-state index >= 15 is 0 Å². The standard InChI is InChI=1S/C19H39N5O4/c20-5-1-3-16-25-13-19(14-26-16)15-27-17(4-2-6-21)28-18(19)23-9-12-24-10-7-22-8-11-24/h16-18,22-23H,1-15,20-21H2. The number of nitrogens with two attached hydrogens (primary N) is 2. The van der Waals surface area contributed by atoms with Crippen LogP contribution in [0, 0.1) is 5.41 Å². The van der Waals surface area contributed by atoms with Gasteiger partial charge in [-0.1, -0.05) is 0 Å². The number of hydrogen-bond donors (Lipinski definition) is 4. The molecule has 3 saturated heterocycles. The second-order valence-corrected chi connectivity index (χ2v) is 8.08. The van der Waals surface area contributed by atoms with E-state index in [1.54, 1.807) is 0 Å². The van der Waals surface area contributed by atoms with Crippen LogP contribution in [-0.2, 0) is 18.9 Å². The molecular weight excluding hydrogens is 362 g/mol. The van der Waals surface area contributed by atoms with E-state index in [9.17, 15) is 0 Å². The van der Waals surface area contributed by atoms with Crippen LogP contribution < -0.4 is 22.1 Å². The molecule has 0 aromatic rings. The second kappa shape index (κ2) is 11.7. The van der Waals surface area contributed by atoms with Gasteiger partial charge in [0.2, 0.25) is 0 Å². The number of nitrogens with zero attached hydrogens (tertiary/aromatic N) is 1. The first-order chi connectivity index (χ1) is 13.8. The van der Waals surface area contributed by atoms with Crippen LogP contribution in [0.5, 0.6) is 0 Å². The summed E-state index contributed by atoms with van der Waals surface area (Å²) in [4.78, 5) is 2.47. The highest BCUT2D eigenvalue weighted by atomic mass is 16.7. The first-order valence-corrected chi connectivity index (χ1v) is 10.8. The Labute approximate surface area is 168 Å². The lowest BCUT2D eigenvalue weighted by Gasteiger charge is -2.49. The molecule has 0 bridgehead atoms. The number of rotatable bonds is 10. The molecule has 3 aliphatic rings. The van der Waals surface area contributed by atoms with E-state index in [4.69, 9.17) is 30.4 Å². The highest BCUT2D eigenvalue weighted by Crippen LogP contribution is 2.35. The molecule has 0 aromatic heterocycles. The third-order valence-electron chi connectivity index (χ3n) is 5.77. The van der Waals surface area contributed by atoms with Gasteiger partial charge in [0.05, 0.1) is 25.2 Å². The quantitative estimate of drug-likeness (QED) is 0.366. The number of piperazine rings is 1. The van der Waals surface area contributed by atoms with Crippen LogP contribution in [0.4, 0.5) is 0 Å². The third kappa shape index (κ3) is 6.32. The van der Waals surface area contributed by atoms with Crippen molar-refractivity contribution < 1.29 is 18.9 Å². The van der Waals surface area contributed by atoms with Crippen LogP contribution in [0.2, 0.25) is 0 Å². The Morgan fingerprint density at radius 2 is 1.54 bits per heavy atom. The van der Waals surface area contributed by atoms with Crippen molar-refractivity contribution in [2.75, 3.05) is 72.2 Å². The fraction of sp³-hybridized carbons (Fsp3) is 1.00. The zero-order valence-corrected chi connectivity index (χ0v) is 17.1. The average molecular weight is 402 g/mol. The molecular formula is C19H39N5O4. The minimum atomic E-state index is -0.318. The highest BCUT2D eigenvalue weighted by molar-refractivity contribution is 4.91. The molecule has 164 valence electrons. The Morgan fingerprint density at radius 1 is 0.929 bits per heavy atom. The van der Waals surface area contributed by atoms with Gasteiger partial charge in [-0.3, -0.25) is 10.2 Å². The Hall–Kier alpha value is -0.360. The van der Waals surface area contributed by atoms with Gasteiger partial charge in [0.25, 0.3) is 0 Å². The molecule has 0 aromatic carbocycles. The number of ether oxygens (including phenoxy) is 4. The summed E-state index contributed by atoms with van der Waals surface area (Å²) in [7, 11) is 0. The van der Waals surface area contributed by atoms with Crippen molar-refractivity contribution in [3.63, 3.8) is 0 Å². The van der Waals surface area contributed by atoms with E-state index in [1.165, 1.54) is 0 Å². The maximum absolute atomic E-state index is 6.29. The molecule has 3 rings (SSSR count). The largest absolute Gasteiger partial charge is 0.352 e. The van der Waals surface area contributed by atoms with Gasteiger partial charge in [-0.25, -0.2) is 0 Å². The van der Waals surface area contributed by atoms with E-state index in [2.05, 4.69) is 15.5 Å². The van der Waals surface area contributed by atoms with Gasteiger partial charge in [0.1, 0.15) is 6.23 Å². The lowest BCUT2D eigenvalue weighted by atomic mass is 9.86. The SMILES string of the molecule is NCCCC1OCC2(CO1)COC(CCCN)OC2NCCN1CCNCC1. The topological polar surface area (TPSA) is 116 Å². The molecule has 0 aliphatic carbocycles. The summed E-state index contributed by atoms with van der Waals surface area (Å²) in [6.45, 7) is 9.18. The number of hydrogen-bond acceptors (Lipinski definition) is 9. The molecule has 0 saturated carbocycles. The molecule has 3 aliphatic heterocycles. The fourth-order valence-electron chi connectivity index (χ4n) is 3.95. The zero-order chi connectivity index (χ0) is 19.7. The Balaban J connectivity index is 1.52. The van der Waals surface area contributed by atoms with Crippen LogP contribution in [0.1, 0.15) is 25.7 Å². The molecule has 1 spiro atoms. The van der Waals surface area contributed by atoms with E-state index < -0.39 is 0 Å². The van der Waals surface area contributed by atoms with Crippen LogP contribution in [0.15, 0.2) is 0 Å². The summed E-state index contributed by atoms with van der Waals surface area (Å²) in [5.41, 5.74) is 10.9. The van der Waals surface area contributed by atoms with Crippen LogP contribution in [-0.4, -0.2) is 95.9 Å². The van der Waals surface area contributed by atoms with Crippen molar-refractivity contribution in [1.29, 1.82) is 0 Å². The predicted octanol–water partition coefficient (Wildman–Crippen LogP) is -0.983. The fourth-order valence-corrected chi connectivity index (χ4v) is 3.95. The maximum Gasteiger partial charge on any atom is 0.159 e. The predicted molar refractivity (Wildman–Crippen MR) is 107 cm³/mol. The molecule has 2 unspecified atom stereocenters. The van der Waals surface area contributed by atoms with Gasteiger partial charge in [0.15, 0.2) is 12.6 Å². The Morgan fingerprint density at radius 3 is 2.18 bits per heavy atom. The van der Waals surface area contributed by atoms with Gasteiger partial charge in [-0.05, 0) is 38.8 Å². The van der Waals surface area contributed by atoms with Crippen LogP contribution in [0.3, 0.4) is 0 Å². The molecule has 0 radical (unpaired) electrons. The van der Waals surface area contributed by atoms with Crippen LogP contribution >= 0.6 is 0 Å². The molecule has 3 heterocycles. The molecule has 3 fully saturated rings. The molecule has 9 nitrogen and oxygen atoms in total. The number of nitrogens with one attached hydrogen (secondary N) is 2. The summed E-state index contributed by atoms with van der Waals surface area (Å²) in [5.74, 6) is 0. The van der Waals surface area contributed by atoms with Crippen molar-refractivity contribution in [2.24, 2.45) is 16.9 Å². The normalized spacial score (nSPS) is 34.7. The zero-order valence-electron chi connectivity index (χ0n) is 17.1. The van der Waals surface area contributed by atoms with Gasteiger partial charge >= 0.3 is 0 Å². The van der Waals surface area contributed by atoms with E-state index in [1.807, 2.05) is 0 Å². The molecule has 0 amide bonds. The summed E-state index contributed by atoms with van der Waals surface area (Å²) < 4.78 is 24.3. The summed E-state index contributed by atoms with van der Waals surface area (Å²) in [6.07, 6.45) is 2.88. The minimum absolute atomic E-state index is 0.151. The summed E-state index contributed by atoms with van der Waals surface area (Å²) in [5, 5.41) is 7.01. The van der Waals surface area contributed by atoms with Crippen molar-refractivity contribution >= 4 is 0 Å². The van der Waals surface area contributed by atoms with Crippen LogP contribution in [0.25, 0.3) is 0 Å². The van der Waals surface area contributed by atoms with E-state index in [0.29, 0.717) is 32.9 Å². The highest BCUT2D eigenvalue weighted by Gasteiger charge is 2.48. The van der Waals surface area contributed by atoms with Crippen molar-refractivity contribution in [3.8, 4) is 0 Å². The smallest absolute Gasteiger partial charge is 0.159 e. The molecule has 28 heavy (non-hydrogen) atoms. The monoisotopic (exact) mass is 401 g/mol. The Bertz CT molecular complexity index is 422. The maximum atomic E-state index is 6.29. The molecule has 2 atom stereocenters. The summed E-state index contributed by atoms with van der Waals surface area (Å²) in [6, 6.07) is 0. The van der Waals surface area contributed by atoms with Crippen molar-refractivity contribution in [2.45, 2.75) is 44.5 Å². The molecule has 9 heteroatoms. The Kier molecular flexibility index (Phi) is 9.35. The first kappa shape index (κ1) is 22.3. The lowest BCUT2D eigenvalue weighted by Crippen LogP contribution is -2.63. The minimum Gasteiger partial charge on any atom is -0.352 e. The van der Waals surface area contributed by atoms with Gasteiger partial charge in [-0.15, -0.1) is 0 Å². The molecule has 6 N–H and O–H groups in total. The van der Waals surface area contributed by atoms with E-state index in [-0.39, 0.29) is 24.2 Å². The van der Waals surface area contributed by atoms with E-state index in [0.717, 1.165) is 65.0 Å². The van der Waals surface area contributed by atoms with Gasteiger partial charge in [-0.2, -0.15) is 0 Å². The average Bonchev–Trinajstić information content (AvgIpc) is 2.74. The first-order valence-electron chi connectivity index (χ1n) is 10.8. The van der Waals surface area contributed by atoms with Crippen molar-refractivity contribution in [1.82, 2.24) is 15.5 Å².